The third-order valence-electron chi connectivity index (χ3n) is 7.26. The SMILES string of the molecule is CCOC(=O)c1ccc2c(c1)NC(=O)C2C(=Nc1ccc(N(CC(=O)N2CCCC2)S(C)(=O)=O)cc1)c1ccccc1. The second-order valence-electron chi connectivity index (χ2n) is 10.2. The molecule has 0 aromatic heterocycles. The highest BCUT2D eigenvalue weighted by Crippen LogP contribution is 2.37. The third-order valence-corrected chi connectivity index (χ3v) is 8.40. The van der Waals surface area contributed by atoms with E-state index in [1.54, 1.807) is 54.3 Å². The molecule has 10 nitrogen and oxygen atoms in total. The first-order chi connectivity index (χ1) is 20.2. The van der Waals surface area contributed by atoms with E-state index in [1.807, 2.05) is 30.3 Å². The van der Waals surface area contributed by atoms with Gasteiger partial charge in [-0.15, -0.1) is 0 Å². The molecular formula is C31H32N4O6S. The molecule has 0 spiro atoms. The molecular weight excluding hydrogens is 556 g/mol. The zero-order chi connectivity index (χ0) is 29.9. The standard InChI is InChI=1S/C31H32N4O6S/c1-3-41-31(38)22-11-16-25-26(19-22)33-30(37)28(25)29(21-9-5-4-6-10-21)32-23-12-14-24(15-13-23)35(42(2,39)40)20-27(36)34-17-7-8-18-34/h4-6,9-16,19,28H,3,7-8,17-18,20H2,1-2H3,(H,33,37). The molecule has 5 rings (SSSR count). The van der Waals surface area contributed by atoms with Gasteiger partial charge in [-0.25, -0.2) is 13.2 Å². The Labute approximate surface area is 245 Å². The smallest absolute Gasteiger partial charge is 0.338 e. The number of hydrogen-bond acceptors (Lipinski definition) is 7. The van der Waals surface area contributed by atoms with Gasteiger partial charge in [0.15, 0.2) is 0 Å². The van der Waals surface area contributed by atoms with Gasteiger partial charge in [-0.1, -0.05) is 36.4 Å². The summed E-state index contributed by atoms with van der Waals surface area (Å²) in [5.41, 5.74) is 3.61. The fourth-order valence-corrected chi connectivity index (χ4v) is 6.05. The maximum absolute atomic E-state index is 13.3. The van der Waals surface area contributed by atoms with E-state index in [2.05, 4.69) is 5.32 Å². The highest BCUT2D eigenvalue weighted by Gasteiger charge is 2.36. The lowest BCUT2D eigenvalue weighted by Gasteiger charge is -2.25. The number of amides is 2. The van der Waals surface area contributed by atoms with Crippen LogP contribution in [-0.4, -0.2) is 69.3 Å². The van der Waals surface area contributed by atoms with E-state index in [0.717, 1.165) is 29.0 Å². The number of carbonyl (C=O) groups excluding carboxylic acids is 3. The number of sulfonamides is 1. The number of fused-ring (bicyclic) bond motifs is 1. The maximum atomic E-state index is 13.3. The zero-order valence-corrected chi connectivity index (χ0v) is 24.3. The quantitative estimate of drug-likeness (QED) is 0.296. The van der Waals surface area contributed by atoms with Crippen molar-refractivity contribution < 1.29 is 27.5 Å². The number of esters is 1. The summed E-state index contributed by atoms with van der Waals surface area (Å²) in [5, 5.41) is 2.87. The summed E-state index contributed by atoms with van der Waals surface area (Å²) in [6.07, 6.45) is 2.90. The molecule has 0 saturated carbocycles. The van der Waals surface area contributed by atoms with Gasteiger partial charge < -0.3 is 15.0 Å². The van der Waals surface area contributed by atoms with Gasteiger partial charge in [-0.05, 0) is 67.3 Å². The third kappa shape index (κ3) is 6.20. The van der Waals surface area contributed by atoms with Crippen molar-refractivity contribution in [1.82, 2.24) is 4.90 Å². The molecule has 2 aliphatic rings. The molecule has 1 N–H and O–H groups in total. The van der Waals surface area contributed by atoms with Crippen LogP contribution in [0.25, 0.3) is 0 Å². The minimum Gasteiger partial charge on any atom is -0.462 e. The molecule has 42 heavy (non-hydrogen) atoms. The summed E-state index contributed by atoms with van der Waals surface area (Å²) in [7, 11) is -3.72. The van der Waals surface area contributed by atoms with Crippen LogP contribution < -0.4 is 9.62 Å². The summed E-state index contributed by atoms with van der Waals surface area (Å²) in [4.78, 5) is 44.8. The number of hydrogen-bond donors (Lipinski definition) is 1. The van der Waals surface area contributed by atoms with Gasteiger partial charge in [0.25, 0.3) is 0 Å². The summed E-state index contributed by atoms with van der Waals surface area (Å²) in [6, 6.07) is 20.8. The number of nitrogens with zero attached hydrogens (tertiary/aromatic N) is 3. The highest BCUT2D eigenvalue weighted by atomic mass is 32.2. The lowest BCUT2D eigenvalue weighted by Crippen LogP contribution is -2.41. The first kappa shape index (κ1) is 29.0. The fourth-order valence-electron chi connectivity index (χ4n) is 5.20. The Kier molecular flexibility index (Phi) is 8.39. The Bertz CT molecular complexity index is 1630. The van der Waals surface area contributed by atoms with Crippen molar-refractivity contribution in [3.63, 3.8) is 0 Å². The number of benzene rings is 3. The molecule has 2 heterocycles. The van der Waals surface area contributed by atoms with Crippen molar-refractivity contribution in [1.29, 1.82) is 0 Å². The lowest BCUT2D eigenvalue weighted by molar-refractivity contribution is -0.128. The Morgan fingerprint density at radius 3 is 2.33 bits per heavy atom. The highest BCUT2D eigenvalue weighted by molar-refractivity contribution is 7.92. The molecule has 3 aromatic carbocycles. The monoisotopic (exact) mass is 588 g/mol. The van der Waals surface area contributed by atoms with E-state index in [1.165, 1.54) is 0 Å². The van der Waals surface area contributed by atoms with Crippen molar-refractivity contribution in [2.24, 2.45) is 4.99 Å². The first-order valence-electron chi connectivity index (χ1n) is 13.8. The molecule has 218 valence electrons. The topological polar surface area (TPSA) is 125 Å². The van der Waals surface area contributed by atoms with Crippen molar-refractivity contribution in [2.45, 2.75) is 25.7 Å². The molecule has 3 aromatic rings. The van der Waals surface area contributed by atoms with Crippen LogP contribution in [0.4, 0.5) is 17.1 Å². The summed E-state index contributed by atoms with van der Waals surface area (Å²) in [5.74, 6) is -1.73. The molecule has 1 saturated heterocycles. The van der Waals surface area contributed by atoms with Crippen LogP contribution in [0, 0.1) is 0 Å². The minimum absolute atomic E-state index is 0.233. The van der Waals surface area contributed by atoms with Crippen LogP contribution in [0.15, 0.2) is 77.8 Å². The molecule has 2 aliphatic heterocycles. The second-order valence-corrected chi connectivity index (χ2v) is 12.1. The van der Waals surface area contributed by atoms with Crippen LogP contribution in [0.2, 0.25) is 0 Å². The van der Waals surface area contributed by atoms with Gasteiger partial charge in [0, 0.05) is 18.8 Å². The van der Waals surface area contributed by atoms with Gasteiger partial charge in [0.05, 0.1) is 35.5 Å². The van der Waals surface area contributed by atoms with Gasteiger partial charge in [0.1, 0.15) is 12.5 Å². The van der Waals surface area contributed by atoms with Gasteiger partial charge >= 0.3 is 5.97 Å². The molecule has 1 fully saturated rings. The van der Waals surface area contributed by atoms with Crippen LogP contribution in [0.1, 0.15) is 47.2 Å². The average Bonchev–Trinajstić information content (AvgIpc) is 3.62. The first-order valence-corrected chi connectivity index (χ1v) is 15.6. The Hall–Kier alpha value is -4.51. The number of nitrogens with one attached hydrogen (secondary N) is 1. The van der Waals surface area contributed by atoms with Crippen molar-refractivity contribution >= 4 is 50.6 Å². The number of ether oxygens (including phenoxy) is 1. The minimum atomic E-state index is -3.72. The van der Waals surface area contributed by atoms with Crippen molar-refractivity contribution in [3.05, 3.63) is 89.5 Å². The molecule has 2 amide bonds. The van der Waals surface area contributed by atoms with E-state index < -0.39 is 21.9 Å². The zero-order valence-electron chi connectivity index (χ0n) is 23.4. The Morgan fingerprint density at radius 1 is 1.00 bits per heavy atom. The summed E-state index contributed by atoms with van der Waals surface area (Å²) < 4.78 is 31.4. The van der Waals surface area contributed by atoms with Crippen LogP contribution >= 0.6 is 0 Å². The van der Waals surface area contributed by atoms with Crippen molar-refractivity contribution in [2.75, 3.05) is 42.1 Å². The van der Waals surface area contributed by atoms with E-state index >= 15 is 0 Å². The predicted molar refractivity (Wildman–Crippen MR) is 161 cm³/mol. The number of likely N-dealkylation sites (tertiary alicyclic amines) is 1. The van der Waals surface area contributed by atoms with Crippen LogP contribution in [-0.2, 0) is 24.3 Å². The Morgan fingerprint density at radius 2 is 1.69 bits per heavy atom. The van der Waals surface area contributed by atoms with Gasteiger partial charge in [0.2, 0.25) is 21.8 Å². The largest absolute Gasteiger partial charge is 0.462 e. The lowest BCUT2D eigenvalue weighted by atomic mass is 9.90. The molecule has 0 aliphatic carbocycles. The Balaban J connectivity index is 1.48. The maximum Gasteiger partial charge on any atom is 0.338 e. The predicted octanol–water partition coefficient (Wildman–Crippen LogP) is 4.11. The van der Waals surface area contributed by atoms with Crippen molar-refractivity contribution in [3.8, 4) is 0 Å². The number of anilines is 2. The van der Waals surface area contributed by atoms with Gasteiger partial charge in [-0.2, -0.15) is 0 Å². The van der Waals surface area contributed by atoms with Crippen LogP contribution in [0.5, 0.6) is 0 Å². The fraction of sp³-hybridized carbons (Fsp3) is 0.290. The summed E-state index contributed by atoms with van der Waals surface area (Å²) in [6.45, 7) is 2.96. The van der Waals surface area contributed by atoms with Gasteiger partial charge in [-0.3, -0.25) is 18.9 Å². The van der Waals surface area contributed by atoms with E-state index in [0.29, 0.717) is 47.0 Å². The van der Waals surface area contributed by atoms with E-state index in [4.69, 9.17) is 9.73 Å². The van der Waals surface area contributed by atoms with E-state index in [-0.39, 0.29) is 25.0 Å². The van der Waals surface area contributed by atoms with E-state index in [9.17, 15) is 22.8 Å². The normalized spacial score (nSPS) is 16.6. The molecule has 1 unspecified atom stereocenters. The summed E-state index contributed by atoms with van der Waals surface area (Å²) >= 11 is 0. The molecule has 1 atom stereocenters. The average molecular weight is 589 g/mol. The number of rotatable bonds is 9. The second kappa shape index (κ2) is 12.2. The number of aliphatic imine (C=N–C) groups is 1. The number of carbonyl (C=O) groups is 3. The molecule has 0 radical (unpaired) electrons. The molecule has 11 heteroatoms. The van der Waals surface area contributed by atoms with Crippen LogP contribution in [0.3, 0.4) is 0 Å². The molecule has 0 bridgehead atoms.